The van der Waals surface area contributed by atoms with Gasteiger partial charge in [-0.05, 0) is 0 Å². The van der Waals surface area contributed by atoms with Crippen LogP contribution in [-0.4, -0.2) is 51.4 Å². The van der Waals surface area contributed by atoms with Crippen LogP contribution in [-0.2, 0) is 0 Å². The van der Waals surface area contributed by atoms with Crippen LogP contribution in [0, 0.1) is 0 Å². The van der Waals surface area contributed by atoms with Gasteiger partial charge in [0.25, 0.3) is 0 Å². The van der Waals surface area contributed by atoms with Crippen molar-refractivity contribution in [2.75, 3.05) is 0 Å². The van der Waals surface area contributed by atoms with E-state index in [0.717, 1.165) is 0 Å². The Kier molecular flexibility index (Phi) is 6.59. The molecule has 0 aromatic heterocycles. The second-order valence-corrected chi connectivity index (χ2v) is 85.7. The Labute approximate surface area is 151 Å². The Morgan fingerprint density at radius 1 is 0.348 bits per heavy atom. The third-order valence-electron chi connectivity index (χ3n) is 7.26. The Morgan fingerprint density at radius 3 is 0.565 bits per heavy atom. The molecule has 23 heavy (non-hydrogen) atoms. The fraction of sp³-hybridized carbons (Fsp3) is 1.00. The van der Waals surface area contributed by atoms with Crippen molar-refractivity contribution in [1.29, 1.82) is 0 Å². The summed E-state index contributed by atoms with van der Waals surface area (Å²) in [5.41, 5.74) is 0. The normalized spacial score (nSPS) is 16.7. The highest BCUT2D eigenvalue weighted by molar-refractivity contribution is 8.08. The Hall–Kier alpha value is 1.38. The average Bonchev–Trinajstić information content (AvgIpc) is 2.19. The quantitative estimate of drug-likeness (QED) is 0.331. The summed E-state index contributed by atoms with van der Waals surface area (Å²) >= 11 is 0. The van der Waals surface area contributed by atoms with Crippen LogP contribution >= 0.6 is 0 Å². The number of hydrogen-bond acceptors (Lipinski definition) is 0. The molecule has 0 aromatic rings. The summed E-state index contributed by atoms with van der Waals surface area (Å²) in [6.07, 6.45) is 0. The summed E-state index contributed by atoms with van der Waals surface area (Å²) in [5.74, 6) is 0. The van der Waals surface area contributed by atoms with E-state index in [4.69, 9.17) is 0 Å². The highest BCUT2D eigenvalue weighted by Crippen LogP contribution is 2.48. The van der Waals surface area contributed by atoms with Gasteiger partial charge in [0.15, 0.2) is 0 Å². The molecule has 0 nitrogen and oxygen atoms in total. The first-order chi connectivity index (χ1) is 9.50. The van der Waals surface area contributed by atoms with E-state index in [1.54, 1.807) is 0 Å². The van der Waals surface area contributed by atoms with Crippen LogP contribution in [0.5, 0.6) is 0 Å². The monoisotopic (exact) mass is 444 g/mol. The topological polar surface area (TPSA) is 0 Å². The van der Waals surface area contributed by atoms with Crippen LogP contribution in [0.3, 0.4) is 0 Å². The molecule has 0 fully saturated rings. The molecule has 0 aliphatic rings. The molecule has 140 valence electrons. The minimum absolute atomic E-state index is 1.86. The molecule has 0 atom stereocenters. The van der Waals surface area contributed by atoms with Crippen molar-refractivity contribution in [2.45, 2.75) is 91.7 Å². The molecule has 0 aromatic carbocycles. The van der Waals surface area contributed by atoms with Gasteiger partial charge < -0.3 is 0 Å². The lowest BCUT2D eigenvalue weighted by atomic mass is 11.8. The molecule has 0 radical (unpaired) electrons. The van der Waals surface area contributed by atoms with Crippen LogP contribution < -0.4 is 0 Å². The molecule has 0 saturated carbocycles. The smallest absolute Gasteiger partial charge is 0.281 e. The first-order valence-corrected chi connectivity index (χ1v) is 35.6. The van der Waals surface area contributed by atoms with E-state index >= 15 is 8.22 Å². The molecular formula is C14H42F2Si7. The molecule has 0 heterocycles. The molecule has 0 saturated heterocycles. The lowest BCUT2D eigenvalue weighted by Gasteiger charge is -2.60. The first-order valence-electron chi connectivity index (χ1n) is 8.88. The zero-order valence-electron chi connectivity index (χ0n) is 18.3. The van der Waals surface area contributed by atoms with Gasteiger partial charge in [0.05, 0.1) is 0 Å². The molecule has 0 aliphatic heterocycles. The standard InChI is InChI=1S/C14H42F2Si7/c1-17(2,3)21(13,18(4,5)6)23(15,16)22(14,19(7,8)9)20(10,11)12/h1-14H3. The first kappa shape index (κ1) is 24.4. The lowest BCUT2D eigenvalue weighted by molar-refractivity contribution is 0.673. The molecule has 0 aliphatic carbocycles. The predicted molar refractivity (Wildman–Crippen MR) is 125 cm³/mol. The molecule has 0 N–H and O–H groups in total. The minimum atomic E-state index is -4.23. The SMILES string of the molecule is C[Si](C)(C)[Si](C)([Si](C)(C)C)[Si](F)(F)[Si](C)([Si](C)(C)C)[Si](C)(C)C. The second-order valence-electron chi connectivity index (χ2n) is 11.8. The fourth-order valence-electron chi connectivity index (χ4n) is 4.63. The van der Waals surface area contributed by atoms with Gasteiger partial charge in [-0.25, -0.2) is 0 Å². The van der Waals surface area contributed by atoms with E-state index in [9.17, 15) is 0 Å². The van der Waals surface area contributed by atoms with Gasteiger partial charge in [-0.2, -0.15) is 0 Å². The summed E-state index contributed by atoms with van der Waals surface area (Å²) in [6.45, 7) is 26.7. The van der Waals surface area contributed by atoms with Gasteiger partial charge in [0.1, 0.15) is 13.3 Å². The van der Waals surface area contributed by atoms with Gasteiger partial charge in [-0.1, -0.05) is 91.7 Å². The maximum atomic E-state index is 16.9. The molecule has 0 bridgehead atoms. The van der Waals surface area contributed by atoms with Crippen molar-refractivity contribution in [3.63, 3.8) is 0 Å². The van der Waals surface area contributed by atoms with E-state index in [1.165, 1.54) is 0 Å². The molecule has 0 amide bonds. The van der Waals surface area contributed by atoms with Crippen molar-refractivity contribution in [3.05, 3.63) is 0 Å². The highest BCUT2D eigenvalue weighted by atomic mass is 30.2. The van der Waals surface area contributed by atoms with E-state index in [1.807, 2.05) is 0 Å². The van der Waals surface area contributed by atoms with Gasteiger partial charge in [0.2, 0.25) is 0 Å². The van der Waals surface area contributed by atoms with E-state index < -0.39 is 51.4 Å². The van der Waals surface area contributed by atoms with Crippen LogP contribution in [0.25, 0.3) is 0 Å². The summed E-state index contributed by atoms with van der Waals surface area (Å²) < 4.78 is 33.8. The van der Waals surface area contributed by atoms with Gasteiger partial charge in [-0.15, -0.1) is 0 Å². The largest absolute Gasteiger partial charge is 0.375 e. The van der Waals surface area contributed by atoms with Crippen LogP contribution in [0.2, 0.25) is 91.7 Å². The maximum Gasteiger partial charge on any atom is 0.375 e. The number of hydrogen-bond donors (Lipinski definition) is 0. The number of rotatable bonds is 6. The minimum Gasteiger partial charge on any atom is -0.281 e. The Morgan fingerprint density at radius 2 is 0.478 bits per heavy atom. The summed E-state index contributed by atoms with van der Waals surface area (Å²) in [7, 11) is -11.7. The van der Waals surface area contributed by atoms with Crippen LogP contribution in [0.1, 0.15) is 0 Å². The summed E-state index contributed by atoms with van der Waals surface area (Å²) in [4.78, 5) is 0. The van der Waals surface area contributed by atoms with Crippen molar-refractivity contribution >= 4 is 51.4 Å². The van der Waals surface area contributed by atoms with Gasteiger partial charge in [-0.3, -0.25) is 8.22 Å². The van der Waals surface area contributed by atoms with Crippen LogP contribution in [0.4, 0.5) is 8.22 Å². The Bertz CT molecular complexity index is 368. The molecule has 0 unspecified atom stereocenters. The predicted octanol–water partition coefficient (Wildman–Crippen LogP) is 6.35. The van der Waals surface area contributed by atoms with E-state index in [2.05, 4.69) is 91.7 Å². The number of halogens is 2. The molecule has 0 rings (SSSR count). The maximum absolute atomic E-state index is 16.9. The zero-order valence-corrected chi connectivity index (χ0v) is 25.3. The molecule has 9 heteroatoms. The summed E-state index contributed by atoms with van der Waals surface area (Å²) in [5, 5.41) is 0. The van der Waals surface area contributed by atoms with Gasteiger partial charge >= 0.3 is 7.78 Å². The highest BCUT2D eigenvalue weighted by Gasteiger charge is 2.79. The van der Waals surface area contributed by atoms with Crippen molar-refractivity contribution in [2.24, 2.45) is 0 Å². The van der Waals surface area contributed by atoms with Crippen molar-refractivity contribution < 1.29 is 8.22 Å². The van der Waals surface area contributed by atoms with Crippen LogP contribution in [0.15, 0.2) is 0 Å². The van der Waals surface area contributed by atoms with E-state index in [0.29, 0.717) is 0 Å². The fourth-order valence-corrected chi connectivity index (χ4v) is 206. The second kappa shape index (κ2) is 6.22. The summed E-state index contributed by atoms with van der Waals surface area (Å²) in [6, 6.07) is 0. The van der Waals surface area contributed by atoms with Crippen molar-refractivity contribution in [3.8, 4) is 0 Å². The third kappa shape index (κ3) is 3.48. The lowest BCUT2D eigenvalue weighted by Crippen LogP contribution is -2.95. The molecule has 0 spiro atoms. The van der Waals surface area contributed by atoms with Crippen molar-refractivity contribution in [1.82, 2.24) is 0 Å². The third-order valence-corrected chi connectivity index (χ3v) is 149. The molecular weight excluding hydrogens is 403 g/mol. The van der Waals surface area contributed by atoms with Gasteiger partial charge in [0, 0.05) is 30.4 Å². The van der Waals surface area contributed by atoms with E-state index in [-0.39, 0.29) is 0 Å². The zero-order chi connectivity index (χ0) is 19.5. The Balaban J connectivity index is 6.94. The average molecular weight is 445 g/mol.